The van der Waals surface area contributed by atoms with Crippen molar-refractivity contribution in [1.82, 2.24) is 29.9 Å². The smallest absolute Gasteiger partial charge is 0.167 e. The maximum Gasteiger partial charge on any atom is 0.167 e. The number of aromatic nitrogens is 6. The SMILES string of the molecule is Fc1cc(-c2nc(-c3ccccc3)nc(-c3ccccc3)n2)ccc1-c1nc(-c2ccccc2)nc(-c2ccccc2)n1. The minimum absolute atomic E-state index is 0.238. The van der Waals surface area contributed by atoms with E-state index in [1.807, 2.05) is 121 Å². The highest BCUT2D eigenvalue weighted by molar-refractivity contribution is 5.71. The molecule has 7 aromatic rings. The fourth-order valence-corrected chi connectivity index (χ4v) is 4.70. The Morgan fingerprint density at radius 1 is 0.302 bits per heavy atom. The first kappa shape index (κ1) is 26.0. The zero-order chi connectivity index (χ0) is 29.0. The lowest BCUT2D eigenvalue weighted by Crippen LogP contribution is -2.02. The van der Waals surface area contributed by atoms with E-state index in [2.05, 4.69) is 9.97 Å². The van der Waals surface area contributed by atoms with Crippen molar-refractivity contribution in [1.29, 1.82) is 0 Å². The minimum atomic E-state index is -0.496. The van der Waals surface area contributed by atoms with E-state index in [1.165, 1.54) is 6.07 Å². The summed E-state index contributed by atoms with van der Waals surface area (Å²) in [5.41, 5.74) is 4.07. The molecule has 0 saturated carbocycles. The first-order valence-corrected chi connectivity index (χ1v) is 13.8. The van der Waals surface area contributed by atoms with Gasteiger partial charge in [0.1, 0.15) is 5.82 Å². The van der Waals surface area contributed by atoms with E-state index in [4.69, 9.17) is 19.9 Å². The lowest BCUT2D eigenvalue weighted by atomic mass is 10.1. The Kier molecular flexibility index (Phi) is 6.95. The van der Waals surface area contributed by atoms with Crippen LogP contribution in [0.4, 0.5) is 4.39 Å². The monoisotopic (exact) mass is 558 g/mol. The Balaban J connectivity index is 1.34. The Morgan fingerprint density at radius 2 is 0.605 bits per heavy atom. The normalized spacial score (nSPS) is 10.9. The van der Waals surface area contributed by atoms with Crippen LogP contribution in [0.1, 0.15) is 0 Å². The van der Waals surface area contributed by atoms with Gasteiger partial charge >= 0.3 is 0 Å². The van der Waals surface area contributed by atoms with Crippen LogP contribution in [0, 0.1) is 5.82 Å². The van der Waals surface area contributed by atoms with E-state index in [9.17, 15) is 0 Å². The number of halogens is 1. The molecule has 6 nitrogen and oxygen atoms in total. The van der Waals surface area contributed by atoms with E-state index < -0.39 is 5.82 Å². The van der Waals surface area contributed by atoms with Crippen LogP contribution in [-0.2, 0) is 0 Å². The topological polar surface area (TPSA) is 77.3 Å². The van der Waals surface area contributed by atoms with Gasteiger partial charge in [0, 0.05) is 27.8 Å². The zero-order valence-electron chi connectivity index (χ0n) is 22.8. The molecule has 2 heterocycles. The Labute approximate surface area is 247 Å². The van der Waals surface area contributed by atoms with Gasteiger partial charge in [0.2, 0.25) is 0 Å². The quantitative estimate of drug-likeness (QED) is 0.205. The molecule has 0 unspecified atom stereocenters. The average molecular weight is 559 g/mol. The summed E-state index contributed by atoms with van der Waals surface area (Å²) in [4.78, 5) is 28.2. The standard InChI is InChI=1S/C36H23FN6/c37-30-23-28(35-40-31(24-13-5-1-6-14-24)38-32(41-35)25-15-7-2-8-16-25)21-22-29(30)36-42-33(26-17-9-3-10-18-26)39-34(43-36)27-19-11-4-12-20-27/h1-23H. The highest BCUT2D eigenvalue weighted by Gasteiger charge is 2.18. The van der Waals surface area contributed by atoms with Crippen LogP contribution in [0.2, 0.25) is 0 Å². The number of nitrogens with zero attached hydrogens (tertiary/aromatic N) is 6. The summed E-state index contributed by atoms with van der Waals surface area (Å²) in [6.45, 7) is 0. The molecule has 0 saturated heterocycles. The molecule has 0 atom stereocenters. The summed E-state index contributed by atoms with van der Waals surface area (Å²) >= 11 is 0. The molecule has 0 amide bonds. The summed E-state index contributed by atoms with van der Waals surface area (Å²) in [6.07, 6.45) is 0. The Bertz CT molecular complexity index is 1900. The third-order valence-electron chi connectivity index (χ3n) is 6.87. The van der Waals surface area contributed by atoms with Gasteiger partial charge in [-0.2, -0.15) is 0 Å². The van der Waals surface area contributed by atoms with Crippen molar-refractivity contribution in [2.24, 2.45) is 0 Å². The molecule has 7 rings (SSSR count). The van der Waals surface area contributed by atoms with Crippen molar-refractivity contribution < 1.29 is 4.39 Å². The van der Waals surface area contributed by atoms with Gasteiger partial charge in [-0.15, -0.1) is 0 Å². The van der Waals surface area contributed by atoms with Crippen LogP contribution < -0.4 is 0 Å². The molecule has 0 spiro atoms. The van der Waals surface area contributed by atoms with Crippen LogP contribution in [0.3, 0.4) is 0 Å². The van der Waals surface area contributed by atoms with Gasteiger partial charge in [0.25, 0.3) is 0 Å². The molecule has 0 fully saturated rings. The second kappa shape index (κ2) is 11.5. The van der Waals surface area contributed by atoms with Gasteiger partial charge in [-0.3, -0.25) is 0 Å². The predicted molar refractivity (Wildman–Crippen MR) is 166 cm³/mol. The van der Waals surface area contributed by atoms with Crippen molar-refractivity contribution in [2.45, 2.75) is 0 Å². The van der Waals surface area contributed by atoms with Gasteiger partial charge < -0.3 is 0 Å². The molecule has 0 radical (unpaired) electrons. The second-order valence-electron chi connectivity index (χ2n) is 9.77. The fraction of sp³-hybridized carbons (Fsp3) is 0. The molecule has 5 aromatic carbocycles. The Hall–Kier alpha value is -5.95. The number of benzene rings is 5. The van der Waals surface area contributed by atoms with Crippen molar-refractivity contribution in [3.8, 4) is 68.3 Å². The van der Waals surface area contributed by atoms with Gasteiger partial charge in [0.05, 0.1) is 5.56 Å². The van der Waals surface area contributed by atoms with Crippen molar-refractivity contribution in [3.63, 3.8) is 0 Å². The maximum absolute atomic E-state index is 16.0. The first-order chi connectivity index (χ1) is 21.2. The van der Waals surface area contributed by atoms with Gasteiger partial charge in [-0.1, -0.05) is 127 Å². The molecule has 43 heavy (non-hydrogen) atoms. The van der Waals surface area contributed by atoms with Crippen LogP contribution in [0.5, 0.6) is 0 Å². The average Bonchev–Trinajstić information content (AvgIpc) is 3.09. The van der Waals surface area contributed by atoms with Gasteiger partial charge in [-0.25, -0.2) is 34.3 Å². The van der Waals surface area contributed by atoms with Crippen LogP contribution in [-0.4, -0.2) is 29.9 Å². The van der Waals surface area contributed by atoms with Crippen molar-refractivity contribution in [2.75, 3.05) is 0 Å². The first-order valence-electron chi connectivity index (χ1n) is 13.8. The van der Waals surface area contributed by atoms with E-state index in [0.717, 1.165) is 22.3 Å². The Morgan fingerprint density at radius 3 is 0.930 bits per heavy atom. The molecule has 0 aliphatic rings. The highest BCUT2D eigenvalue weighted by atomic mass is 19.1. The summed E-state index contributed by atoms with van der Waals surface area (Å²) in [5.74, 6) is 2.05. The maximum atomic E-state index is 16.0. The third-order valence-corrected chi connectivity index (χ3v) is 6.87. The van der Waals surface area contributed by atoms with E-state index in [1.54, 1.807) is 12.1 Å². The van der Waals surface area contributed by atoms with Gasteiger partial charge in [-0.05, 0) is 12.1 Å². The fourth-order valence-electron chi connectivity index (χ4n) is 4.70. The molecule has 2 aromatic heterocycles. The summed E-state index contributed by atoms with van der Waals surface area (Å²) in [7, 11) is 0. The van der Waals surface area contributed by atoms with E-state index >= 15 is 4.39 Å². The largest absolute Gasteiger partial charge is 0.208 e. The predicted octanol–water partition coefficient (Wildman–Crippen LogP) is 8.20. The molecule has 7 heteroatoms. The second-order valence-corrected chi connectivity index (χ2v) is 9.77. The zero-order valence-corrected chi connectivity index (χ0v) is 22.8. The molecule has 204 valence electrons. The minimum Gasteiger partial charge on any atom is -0.208 e. The highest BCUT2D eigenvalue weighted by Crippen LogP contribution is 2.30. The lowest BCUT2D eigenvalue weighted by molar-refractivity contribution is 0.630. The summed E-state index contributed by atoms with van der Waals surface area (Å²) in [6, 6.07) is 43.4. The van der Waals surface area contributed by atoms with Gasteiger partial charge in [0.15, 0.2) is 34.9 Å². The third kappa shape index (κ3) is 5.52. The molecule has 0 N–H and O–H groups in total. The molecular weight excluding hydrogens is 535 g/mol. The van der Waals surface area contributed by atoms with Crippen molar-refractivity contribution in [3.05, 3.63) is 145 Å². The molecule has 0 aliphatic carbocycles. The summed E-state index contributed by atoms with van der Waals surface area (Å²) < 4.78 is 16.0. The van der Waals surface area contributed by atoms with E-state index in [-0.39, 0.29) is 11.4 Å². The molecule has 0 bridgehead atoms. The van der Waals surface area contributed by atoms with Crippen LogP contribution in [0.25, 0.3) is 68.3 Å². The van der Waals surface area contributed by atoms with E-state index in [0.29, 0.717) is 34.7 Å². The summed E-state index contributed by atoms with van der Waals surface area (Å²) in [5, 5.41) is 0. The number of hydrogen-bond acceptors (Lipinski definition) is 6. The number of hydrogen-bond donors (Lipinski definition) is 0. The van der Waals surface area contributed by atoms with Crippen LogP contribution >= 0.6 is 0 Å². The van der Waals surface area contributed by atoms with Crippen molar-refractivity contribution >= 4 is 0 Å². The molecular formula is C36H23FN6. The lowest BCUT2D eigenvalue weighted by Gasteiger charge is -2.11. The number of rotatable bonds is 6. The molecule has 0 aliphatic heterocycles. The van der Waals surface area contributed by atoms with Crippen LogP contribution in [0.15, 0.2) is 140 Å².